The molecule has 112 valence electrons. The summed E-state index contributed by atoms with van der Waals surface area (Å²) in [7, 11) is 1.63. The van der Waals surface area contributed by atoms with Crippen LogP contribution in [-0.4, -0.2) is 13.2 Å². The van der Waals surface area contributed by atoms with Gasteiger partial charge in [-0.25, -0.2) is 4.39 Å². The molecule has 0 bridgehead atoms. The molecule has 0 aliphatic carbocycles. The molecular formula is C17H20FNOS. The zero-order chi connectivity index (χ0) is 15.2. The van der Waals surface area contributed by atoms with Crippen LogP contribution in [0.25, 0.3) is 0 Å². The molecule has 21 heavy (non-hydrogen) atoms. The Morgan fingerprint density at radius 3 is 2.62 bits per heavy atom. The molecule has 0 amide bonds. The smallest absolute Gasteiger partial charge is 0.127 e. The average molecular weight is 305 g/mol. The van der Waals surface area contributed by atoms with E-state index in [0.717, 1.165) is 17.1 Å². The Balaban J connectivity index is 2.31. The van der Waals surface area contributed by atoms with Crippen molar-refractivity contribution in [3.8, 4) is 5.75 Å². The van der Waals surface area contributed by atoms with Crippen LogP contribution in [-0.2, 0) is 0 Å². The number of halogens is 1. The van der Waals surface area contributed by atoms with Crippen molar-refractivity contribution in [3.63, 3.8) is 0 Å². The SMILES string of the molecule is CCC(N)C(Sc1cccc(OC)c1)c1ccccc1F. The van der Waals surface area contributed by atoms with E-state index in [0.29, 0.717) is 5.56 Å². The Bertz CT molecular complexity index is 591. The predicted molar refractivity (Wildman–Crippen MR) is 86.3 cm³/mol. The van der Waals surface area contributed by atoms with Crippen molar-refractivity contribution in [1.29, 1.82) is 0 Å². The van der Waals surface area contributed by atoms with Gasteiger partial charge in [0.2, 0.25) is 0 Å². The topological polar surface area (TPSA) is 35.2 Å². The molecule has 0 fully saturated rings. The molecule has 2 atom stereocenters. The van der Waals surface area contributed by atoms with Crippen LogP contribution in [0.4, 0.5) is 4.39 Å². The molecule has 2 rings (SSSR count). The van der Waals surface area contributed by atoms with Gasteiger partial charge in [0.15, 0.2) is 0 Å². The second kappa shape index (κ2) is 7.48. The van der Waals surface area contributed by atoms with E-state index in [-0.39, 0.29) is 17.1 Å². The van der Waals surface area contributed by atoms with Crippen molar-refractivity contribution in [3.05, 3.63) is 59.9 Å². The molecule has 2 nitrogen and oxygen atoms in total. The van der Waals surface area contributed by atoms with Gasteiger partial charge in [0.1, 0.15) is 11.6 Å². The van der Waals surface area contributed by atoms with Crippen LogP contribution in [0, 0.1) is 5.82 Å². The van der Waals surface area contributed by atoms with Gasteiger partial charge >= 0.3 is 0 Å². The van der Waals surface area contributed by atoms with Crippen LogP contribution < -0.4 is 10.5 Å². The number of ether oxygens (including phenoxy) is 1. The minimum atomic E-state index is -0.207. The van der Waals surface area contributed by atoms with Gasteiger partial charge < -0.3 is 10.5 Å². The zero-order valence-corrected chi connectivity index (χ0v) is 13.1. The third kappa shape index (κ3) is 3.99. The van der Waals surface area contributed by atoms with Crippen molar-refractivity contribution in [2.24, 2.45) is 5.73 Å². The average Bonchev–Trinajstić information content (AvgIpc) is 2.53. The summed E-state index contributed by atoms with van der Waals surface area (Å²) in [5.41, 5.74) is 6.87. The maximum absolute atomic E-state index is 14.1. The maximum atomic E-state index is 14.1. The summed E-state index contributed by atoms with van der Waals surface area (Å²) in [4.78, 5) is 1.02. The largest absolute Gasteiger partial charge is 0.497 e. The summed E-state index contributed by atoms with van der Waals surface area (Å²) >= 11 is 1.57. The van der Waals surface area contributed by atoms with Crippen LogP contribution in [0.2, 0.25) is 0 Å². The number of benzene rings is 2. The first-order valence-corrected chi connectivity index (χ1v) is 7.84. The van der Waals surface area contributed by atoms with E-state index in [4.69, 9.17) is 10.5 Å². The summed E-state index contributed by atoms with van der Waals surface area (Å²) in [5, 5.41) is -0.122. The van der Waals surface area contributed by atoms with Crippen molar-refractivity contribution in [2.75, 3.05) is 7.11 Å². The monoisotopic (exact) mass is 305 g/mol. The number of thioether (sulfide) groups is 1. The molecule has 0 spiro atoms. The predicted octanol–water partition coefficient (Wildman–Crippen LogP) is 4.41. The van der Waals surface area contributed by atoms with Crippen molar-refractivity contribution < 1.29 is 9.13 Å². The van der Waals surface area contributed by atoms with Crippen molar-refractivity contribution in [2.45, 2.75) is 29.5 Å². The molecule has 4 heteroatoms. The number of rotatable bonds is 6. The highest BCUT2D eigenvalue weighted by atomic mass is 32.2. The Morgan fingerprint density at radius 2 is 1.95 bits per heavy atom. The van der Waals surface area contributed by atoms with Crippen molar-refractivity contribution >= 4 is 11.8 Å². The molecular weight excluding hydrogens is 285 g/mol. The fourth-order valence-corrected chi connectivity index (χ4v) is 3.44. The molecule has 0 aliphatic heterocycles. The number of nitrogens with two attached hydrogens (primary N) is 1. The van der Waals surface area contributed by atoms with E-state index < -0.39 is 0 Å². The van der Waals surface area contributed by atoms with Gasteiger partial charge in [-0.15, -0.1) is 11.8 Å². The molecule has 0 radical (unpaired) electrons. The fourth-order valence-electron chi connectivity index (χ4n) is 2.12. The first kappa shape index (κ1) is 15.9. The second-order valence-electron chi connectivity index (χ2n) is 4.81. The molecule has 2 unspecified atom stereocenters. The standard InChI is InChI=1S/C17H20FNOS/c1-3-16(19)17(14-9-4-5-10-15(14)18)21-13-8-6-7-12(11-13)20-2/h4-11,16-17H,3,19H2,1-2H3. The van der Waals surface area contributed by atoms with E-state index in [1.165, 1.54) is 6.07 Å². The van der Waals surface area contributed by atoms with Crippen LogP contribution in [0.1, 0.15) is 24.2 Å². The van der Waals surface area contributed by atoms with Crippen LogP contribution in [0.15, 0.2) is 53.4 Å². The summed E-state index contributed by atoms with van der Waals surface area (Å²) in [6.45, 7) is 2.02. The molecule has 0 heterocycles. The number of methoxy groups -OCH3 is 1. The van der Waals surface area contributed by atoms with E-state index in [2.05, 4.69) is 0 Å². The number of hydrogen-bond acceptors (Lipinski definition) is 3. The maximum Gasteiger partial charge on any atom is 0.127 e. The Kier molecular flexibility index (Phi) is 5.65. The minimum absolute atomic E-state index is 0.113. The normalized spacial score (nSPS) is 13.7. The third-order valence-corrected chi connectivity index (χ3v) is 4.76. The Morgan fingerprint density at radius 1 is 1.19 bits per heavy atom. The van der Waals surface area contributed by atoms with Crippen LogP contribution in [0.3, 0.4) is 0 Å². The van der Waals surface area contributed by atoms with Crippen LogP contribution in [0.5, 0.6) is 5.75 Å². The molecule has 2 aromatic rings. The fraction of sp³-hybridized carbons (Fsp3) is 0.294. The lowest BCUT2D eigenvalue weighted by Gasteiger charge is -2.23. The molecule has 2 N–H and O–H groups in total. The van der Waals surface area contributed by atoms with E-state index in [1.807, 2.05) is 43.3 Å². The lowest BCUT2D eigenvalue weighted by atomic mass is 10.0. The van der Waals surface area contributed by atoms with Crippen LogP contribution >= 0.6 is 11.8 Å². The van der Waals surface area contributed by atoms with Gasteiger partial charge in [-0.05, 0) is 30.7 Å². The Labute approximate surface area is 129 Å². The highest BCUT2D eigenvalue weighted by Crippen LogP contribution is 2.39. The molecule has 0 saturated carbocycles. The summed E-state index contributed by atoms with van der Waals surface area (Å²) in [6, 6.07) is 14.5. The van der Waals surface area contributed by atoms with Gasteiger partial charge in [0.05, 0.1) is 12.4 Å². The van der Waals surface area contributed by atoms with E-state index >= 15 is 0 Å². The molecule has 0 aliphatic rings. The first-order valence-electron chi connectivity index (χ1n) is 6.96. The third-order valence-electron chi connectivity index (χ3n) is 3.38. The molecule has 0 aromatic heterocycles. The van der Waals surface area contributed by atoms with E-state index in [9.17, 15) is 4.39 Å². The first-order chi connectivity index (χ1) is 10.2. The zero-order valence-electron chi connectivity index (χ0n) is 12.3. The molecule has 0 saturated heterocycles. The van der Waals surface area contributed by atoms with Gasteiger partial charge in [0, 0.05) is 16.5 Å². The van der Waals surface area contributed by atoms with Gasteiger partial charge in [-0.2, -0.15) is 0 Å². The van der Waals surface area contributed by atoms with Gasteiger partial charge in [-0.1, -0.05) is 31.2 Å². The minimum Gasteiger partial charge on any atom is -0.497 e. The Hall–Kier alpha value is -1.52. The highest BCUT2D eigenvalue weighted by Gasteiger charge is 2.22. The van der Waals surface area contributed by atoms with Crippen molar-refractivity contribution in [1.82, 2.24) is 0 Å². The number of hydrogen-bond donors (Lipinski definition) is 1. The summed E-state index contributed by atoms with van der Waals surface area (Å²) in [6.07, 6.45) is 0.788. The lowest BCUT2D eigenvalue weighted by molar-refractivity contribution is 0.413. The van der Waals surface area contributed by atoms with Gasteiger partial charge in [-0.3, -0.25) is 0 Å². The van der Waals surface area contributed by atoms with E-state index in [1.54, 1.807) is 24.9 Å². The summed E-state index contributed by atoms with van der Waals surface area (Å²) < 4.78 is 19.3. The molecule has 2 aromatic carbocycles. The highest BCUT2D eigenvalue weighted by molar-refractivity contribution is 7.99. The lowest BCUT2D eigenvalue weighted by Crippen LogP contribution is -2.26. The quantitative estimate of drug-likeness (QED) is 0.803. The van der Waals surface area contributed by atoms with Gasteiger partial charge in [0.25, 0.3) is 0 Å². The summed E-state index contributed by atoms with van der Waals surface area (Å²) in [5.74, 6) is 0.583. The second-order valence-corrected chi connectivity index (χ2v) is 6.03.